The Morgan fingerprint density at radius 3 is 2.57 bits per heavy atom. The predicted octanol–water partition coefficient (Wildman–Crippen LogP) is 2.54. The number of ether oxygens (including phenoxy) is 4. The van der Waals surface area contributed by atoms with Crippen molar-refractivity contribution in [3.05, 3.63) is 58.2 Å². The number of fused-ring (bicyclic) bond motifs is 1. The van der Waals surface area contributed by atoms with Crippen molar-refractivity contribution in [1.29, 1.82) is 0 Å². The van der Waals surface area contributed by atoms with Gasteiger partial charge in [0.15, 0.2) is 11.5 Å². The minimum Gasteiger partial charge on any atom is -0.497 e. The van der Waals surface area contributed by atoms with E-state index in [1.807, 2.05) is 0 Å². The van der Waals surface area contributed by atoms with Gasteiger partial charge in [0, 0.05) is 6.08 Å². The number of benzene rings is 2. The number of nitrogens with zero attached hydrogens (tertiary/aromatic N) is 1. The summed E-state index contributed by atoms with van der Waals surface area (Å²) in [6, 6.07) is 9.82. The maximum atomic E-state index is 11.9. The van der Waals surface area contributed by atoms with Gasteiger partial charge < -0.3 is 24.3 Å². The third-order valence-corrected chi connectivity index (χ3v) is 3.86. The van der Waals surface area contributed by atoms with Gasteiger partial charge in [-0.25, -0.2) is 0 Å². The first kappa shape index (κ1) is 19.0. The molecule has 0 radical (unpaired) electrons. The Bertz CT molecular complexity index is 894. The highest BCUT2D eigenvalue weighted by Gasteiger charge is 2.22. The van der Waals surface area contributed by atoms with Crippen molar-refractivity contribution in [3.8, 4) is 23.0 Å². The van der Waals surface area contributed by atoms with Crippen molar-refractivity contribution >= 4 is 17.7 Å². The van der Waals surface area contributed by atoms with E-state index >= 15 is 0 Å². The molecule has 1 aliphatic heterocycles. The van der Waals surface area contributed by atoms with Crippen LogP contribution < -0.4 is 24.3 Å². The van der Waals surface area contributed by atoms with E-state index in [9.17, 15) is 14.9 Å². The summed E-state index contributed by atoms with van der Waals surface area (Å²) < 4.78 is 20.9. The number of amides is 1. The number of nitro groups is 1. The van der Waals surface area contributed by atoms with E-state index in [2.05, 4.69) is 5.32 Å². The van der Waals surface area contributed by atoms with Crippen molar-refractivity contribution < 1.29 is 28.7 Å². The highest BCUT2D eigenvalue weighted by molar-refractivity contribution is 5.92. The summed E-state index contributed by atoms with van der Waals surface area (Å²) in [5.74, 6) is 1.69. The fraction of sp³-hybridized carbons (Fsp3) is 0.211. The molecule has 0 bridgehead atoms. The maximum absolute atomic E-state index is 11.9. The minimum atomic E-state index is -0.539. The average Bonchev–Trinajstić information content (AvgIpc) is 3.16. The van der Waals surface area contributed by atoms with Crippen molar-refractivity contribution in [2.45, 2.75) is 0 Å². The summed E-state index contributed by atoms with van der Waals surface area (Å²) in [7, 11) is 1.58. The zero-order chi connectivity index (χ0) is 19.9. The number of carbonyl (C=O) groups is 1. The molecule has 1 heterocycles. The molecule has 1 N–H and O–H groups in total. The van der Waals surface area contributed by atoms with E-state index < -0.39 is 10.8 Å². The first-order valence-corrected chi connectivity index (χ1v) is 8.37. The minimum absolute atomic E-state index is 0.00827. The normalized spacial score (nSPS) is 12.0. The lowest BCUT2D eigenvalue weighted by molar-refractivity contribution is -0.385. The SMILES string of the molecule is COc1ccc(OCCNC(=O)/C=C/c2cc3c(cc2[N+](=O)[O-])OCO3)cc1. The summed E-state index contributed by atoms with van der Waals surface area (Å²) in [5.41, 5.74) is 0.0787. The van der Waals surface area contributed by atoms with Crippen molar-refractivity contribution in [2.24, 2.45) is 0 Å². The molecule has 9 nitrogen and oxygen atoms in total. The Morgan fingerprint density at radius 2 is 1.89 bits per heavy atom. The molecule has 2 aromatic rings. The standard InChI is InChI=1S/C19H18N2O7/c1-25-14-3-5-15(6-4-14)26-9-8-20-19(22)7-2-13-10-17-18(28-12-27-17)11-16(13)21(23)24/h2-7,10-11H,8-9,12H2,1H3,(H,20,22)/b7-2+. The molecule has 0 aliphatic carbocycles. The van der Waals surface area contributed by atoms with E-state index in [0.29, 0.717) is 17.2 Å². The predicted molar refractivity (Wildman–Crippen MR) is 99.8 cm³/mol. The van der Waals surface area contributed by atoms with Gasteiger partial charge in [-0.15, -0.1) is 0 Å². The number of carbonyl (C=O) groups excluding carboxylic acids is 1. The van der Waals surface area contributed by atoms with Crippen molar-refractivity contribution in [1.82, 2.24) is 5.32 Å². The topological polar surface area (TPSA) is 109 Å². The molecular weight excluding hydrogens is 368 g/mol. The third kappa shape index (κ3) is 4.70. The van der Waals surface area contributed by atoms with Crippen LogP contribution in [0.15, 0.2) is 42.5 Å². The largest absolute Gasteiger partial charge is 0.497 e. The van der Waals surface area contributed by atoms with Gasteiger partial charge in [0.2, 0.25) is 12.7 Å². The molecular formula is C19H18N2O7. The molecule has 0 saturated heterocycles. The summed E-state index contributed by atoms with van der Waals surface area (Å²) in [4.78, 5) is 22.6. The lowest BCUT2D eigenvalue weighted by Crippen LogP contribution is -2.26. The van der Waals surface area contributed by atoms with Crippen molar-refractivity contribution in [3.63, 3.8) is 0 Å². The van der Waals surface area contributed by atoms with Gasteiger partial charge in [-0.1, -0.05) is 0 Å². The molecule has 0 atom stereocenters. The zero-order valence-corrected chi connectivity index (χ0v) is 15.0. The van der Waals surface area contributed by atoms with Gasteiger partial charge in [-0.05, 0) is 36.4 Å². The van der Waals surface area contributed by atoms with Gasteiger partial charge in [0.05, 0.1) is 30.2 Å². The van der Waals surface area contributed by atoms with Crippen molar-refractivity contribution in [2.75, 3.05) is 27.1 Å². The van der Waals surface area contributed by atoms with E-state index in [1.165, 1.54) is 24.3 Å². The second-order valence-electron chi connectivity index (χ2n) is 5.67. The quantitative estimate of drug-likeness (QED) is 0.321. The monoisotopic (exact) mass is 386 g/mol. The van der Waals surface area contributed by atoms with Gasteiger partial charge in [0.1, 0.15) is 18.1 Å². The number of nitro benzene ring substituents is 1. The molecule has 2 aromatic carbocycles. The Kier molecular flexibility index (Phi) is 5.95. The Hall–Kier alpha value is -3.75. The summed E-state index contributed by atoms with van der Waals surface area (Å²) in [6.07, 6.45) is 2.58. The smallest absolute Gasteiger partial charge is 0.280 e. The van der Waals surface area contributed by atoms with Gasteiger partial charge in [-0.3, -0.25) is 14.9 Å². The summed E-state index contributed by atoms with van der Waals surface area (Å²) >= 11 is 0. The fourth-order valence-corrected chi connectivity index (χ4v) is 2.48. The van der Waals surface area contributed by atoms with Gasteiger partial charge >= 0.3 is 0 Å². The maximum Gasteiger partial charge on any atom is 0.280 e. The molecule has 28 heavy (non-hydrogen) atoms. The van der Waals surface area contributed by atoms with Crippen LogP contribution in [-0.4, -0.2) is 37.9 Å². The molecule has 3 rings (SSSR count). The molecule has 0 saturated carbocycles. The Balaban J connectivity index is 1.52. The average molecular weight is 386 g/mol. The van der Waals surface area contributed by atoms with Crippen LogP contribution in [0, 0.1) is 10.1 Å². The van der Waals surface area contributed by atoms with Crippen LogP contribution in [-0.2, 0) is 4.79 Å². The van der Waals surface area contributed by atoms with E-state index in [4.69, 9.17) is 18.9 Å². The van der Waals surface area contributed by atoms with Crippen LogP contribution >= 0.6 is 0 Å². The lowest BCUT2D eigenvalue weighted by Gasteiger charge is -2.07. The molecule has 9 heteroatoms. The molecule has 1 amide bonds. The molecule has 146 valence electrons. The Labute approximate surface area is 160 Å². The highest BCUT2D eigenvalue weighted by atomic mass is 16.7. The van der Waals surface area contributed by atoms with Crippen LogP contribution in [0.1, 0.15) is 5.56 Å². The first-order chi connectivity index (χ1) is 13.6. The molecule has 0 unspecified atom stereocenters. The van der Waals surface area contributed by atoms with Crippen LogP contribution in [0.25, 0.3) is 6.08 Å². The Morgan fingerprint density at radius 1 is 1.21 bits per heavy atom. The molecule has 1 aliphatic rings. The second kappa shape index (κ2) is 8.76. The van der Waals surface area contributed by atoms with Crippen LogP contribution in [0.4, 0.5) is 5.69 Å². The van der Waals surface area contributed by atoms with E-state index in [1.54, 1.807) is 31.4 Å². The van der Waals surface area contributed by atoms with Crippen LogP contribution in [0.3, 0.4) is 0 Å². The van der Waals surface area contributed by atoms with Gasteiger partial charge in [0.25, 0.3) is 5.69 Å². The number of methoxy groups -OCH3 is 1. The van der Waals surface area contributed by atoms with Gasteiger partial charge in [-0.2, -0.15) is 0 Å². The molecule has 0 spiro atoms. The lowest BCUT2D eigenvalue weighted by atomic mass is 10.1. The van der Waals surface area contributed by atoms with E-state index in [0.717, 1.165) is 5.75 Å². The first-order valence-electron chi connectivity index (χ1n) is 8.37. The third-order valence-electron chi connectivity index (χ3n) is 3.86. The van der Waals surface area contributed by atoms with Crippen LogP contribution in [0.5, 0.6) is 23.0 Å². The zero-order valence-electron chi connectivity index (χ0n) is 15.0. The summed E-state index contributed by atoms with van der Waals surface area (Å²) in [6.45, 7) is 0.558. The number of hydrogen-bond donors (Lipinski definition) is 1. The number of rotatable bonds is 8. The van der Waals surface area contributed by atoms with E-state index in [-0.39, 0.29) is 31.2 Å². The highest BCUT2D eigenvalue weighted by Crippen LogP contribution is 2.38. The number of nitrogens with one attached hydrogen (secondary N) is 1. The second-order valence-corrected chi connectivity index (χ2v) is 5.67. The van der Waals surface area contributed by atoms with Crippen LogP contribution in [0.2, 0.25) is 0 Å². The number of hydrogen-bond acceptors (Lipinski definition) is 7. The molecule has 0 aromatic heterocycles. The molecule has 0 fully saturated rings. The summed E-state index contributed by atoms with van der Waals surface area (Å²) in [5, 5.41) is 13.8. The fourth-order valence-electron chi connectivity index (χ4n) is 2.48.